The second-order valence-electron chi connectivity index (χ2n) is 4.63. The zero-order valence-electron chi connectivity index (χ0n) is 9.58. The summed E-state index contributed by atoms with van der Waals surface area (Å²) in [7, 11) is 0. The van der Waals surface area contributed by atoms with Gasteiger partial charge < -0.3 is 4.40 Å². The van der Waals surface area contributed by atoms with Gasteiger partial charge in [0.05, 0.1) is 0 Å². The molecule has 2 aromatic heterocycles. The Kier molecular flexibility index (Phi) is 2.50. The number of rotatable bonds is 2. The Hall–Kier alpha value is -1.93. The number of azide groups is 1. The van der Waals surface area contributed by atoms with Crippen molar-refractivity contribution in [3.8, 4) is 0 Å². The number of fused-ring (bicyclic) bond motifs is 3. The van der Waals surface area contributed by atoms with Crippen LogP contribution in [0.4, 0.5) is 0 Å². The fourth-order valence-corrected chi connectivity index (χ4v) is 2.76. The van der Waals surface area contributed by atoms with E-state index in [4.69, 9.17) is 5.53 Å². The molecule has 0 spiro atoms. The van der Waals surface area contributed by atoms with Crippen LogP contribution in [-0.4, -0.2) is 10.9 Å². The van der Waals surface area contributed by atoms with E-state index >= 15 is 0 Å². The zero-order chi connectivity index (χ0) is 11.7. The zero-order valence-corrected chi connectivity index (χ0v) is 9.58. The van der Waals surface area contributed by atoms with Crippen LogP contribution in [0.25, 0.3) is 16.0 Å². The molecule has 0 amide bonds. The van der Waals surface area contributed by atoms with Crippen molar-refractivity contribution in [1.29, 1.82) is 0 Å². The quantitative estimate of drug-likeness (QED) is 0.428. The lowest BCUT2D eigenvalue weighted by Gasteiger charge is -2.20. The van der Waals surface area contributed by atoms with Gasteiger partial charge >= 0.3 is 0 Å². The second kappa shape index (κ2) is 4.15. The van der Waals surface area contributed by atoms with Gasteiger partial charge in [-0.3, -0.25) is 0 Å². The first-order valence-electron chi connectivity index (χ1n) is 5.97. The Morgan fingerprint density at radius 1 is 1.47 bits per heavy atom. The lowest BCUT2D eigenvalue weighted by atomic mass is 9.88. The minimum Gasteiger partial charge on any atom is -0.321 e. The van der Waals surface area contributed by atoms with Crippen molar-refractivity contribution in [2.24, 2.45) is 11.0 Å². The van der Waals surface area contributed by atoms with Crippen molar-refractivity contribution < 1.29 is 0 Å². The summed E-state index contributed by atoms with van der Waals surface area (Å²) in [6.07, 6.45) is 5.37. The second-order valence-corrected chi connectivity index (χ2v) is 4.63. The van der Waals surface area contributed by atoms with Crippen LogP contribution in [-0.2, 0) is 12.8 Å². The maximum absolute atomic E-state index is 8.36. The summed E-state index contributed by atoms with van der Waals surface area (Å²) in [6.45, 7) is 0.627. The summed E-state index contributed by atoms with van der Waals surface area (Å²) < 4.78 is 2.28. The van der Waals surface area contributed by atoms with Crippen LogP contribution in [0, 0.1) is 5.92 Å². The van der Waals surface area contributed by atoms with Crippen molar-refractivity contribution in [2.75, 3.05) is 6.54 Å². The third-order valence-corrected chi connectivity index (χ3v) is 3.58. The van der Waals surface area contributed by atoms with E-state index in [2.05, 4.69) is 44.9 Å². The highest BCUT2D eigenvalue weighted by molar-refractivity contribution is 5.54. The van der Waals surface area contributed by atoms with Gasteiger partial charge in [-0.1, -0.05) is 11.2 Å². The molecule has 0 saturated carbocycles. The molecule has 0 fully saturated rings. The van der Waals surface area contributed by atoms with Crippen molar-refractivity contribution in [1.82, 2.24) is 4.40 Å². The van der Waals surface area contributed by atoms with Crippen molar-refractivity contribution in [3.05, 3.63) is 52.2 Å². The van der Waals surface area contributed by atoms with Gasteiger partial charge in [-0.2, -0.15) is 0 Å². The normalized spacial score (nSPS) is 18.7. The van der Waals surface area contributed by atoms with Crippen molar-refractivity contribution in [3.63, 3.8) is 0 Å². The number of aromatic nitrogens is 1. The Morgan fingerprint density at radius 3 is 3.29 bits per heavy atom. The summed E-state index contributed by atoms with van der Waals surface area (Å²) in [5, 5.41) is 3.70. The molecule has 0 radical (unpaired) electrons. The molecule has 1 atom stereocenters. The molecule has 3 rings (SSSR count). The average molecular weight is 226 g/mol. The molecule has 2 heterocycles. The topological polar surface area (TPSA) is 53.2 Å². The predicted molar refractivity (Wildman–Crippen MR) is 66.9 cm³/mol. The highest BCUT2D eigenvalue weighted by Gasteiger charge is 2.20. The molecule has 0 aliphatic heterocycles. The number of pyridine rings is 1. The SMILES string of the molecule is [N-]=[N+]=NCC1CCc2c(cc3ccccn23)C1. The minimum atomic E-state index is 0.510. The lowest BCUT2D eigenvalue weighted by Crippen LogP contribution is -2.16. The molecule has 0 bridgehead atoms. The largest absolute Gasteiger partial charge is 0.321 e. The molecule has 86 valence electrons. The van der Waals surface area contributed by atoms with E-state index < -0.39 is 0 Å². The van der Waals surface area contributed by atoms with E-state index in [1.165, 1.54) is 16.8 Å². The van der Waals surface area contributed by atoms with Crippen LogP contribution >= 0.6 is 0 Å². The van der Waals surface area contributed by atoms with Gasteiger partial charge in [0, 0.05) is 28.9 Å². The first kappa shape index (κ1) is 10.2. The maximum Gasteiger partial charge on any atom is 0.0455 e. The number of nitrogens with zero attached hydrogens (tertiary/aromatic N) is 4. The van der Waals surface area contributed by atoms with Crippen molar-refractivity contribution >= 4 is 5.52 Å². The first-order valence-corrected chi connectivity index (χ1v) is 5.97. The van der Waals surface area contributed by atoms with Crippen LogP contribution in [0.5, 0.6) is 0 Å². The summed E-state index contributed by atoms with van der Waals surface area (Å²) in [6, 6.07) is 8.54. The Balaban J connectivity index is 1.95. The van der Waals surface area contributed by atoms with E-state index in [9.17, 15) is 0 Å². The smallest absolute Gasteiger partial charge is 0.0455 e. The summed E-state index contributed by atoms with van der Waals surface area (Å²) >= 11 is 0. The van der Waals surface area contributed by atoms with Gasteiger partial charge in [0.1, 0.15) is 0 Å². The highest BCUT2D eigenvalue weighted by atomic mass is 15.1. The third-order valence-electron chi connectivity index (χ3n) is 3.58. The Bertz CT molecular complexity index is 592. The van der Waals surface area contributed by atoms with Gasteiger partial charge in [0.2, 0.25) is 0 Å². The summed E-state index contributed by atoms with van der Waals surface area (Å²) in [5.41, 5.74) is 12.5. The molecule has 0 N–H and O–H groups in total. The first-order chi connectivity index (χ1) is 8.38. The maximum atomic E-state index is 8.36. The molecule has 1 aliphatic rings. The van der Waals surface area contributed by atoms with Gasteiger partial charge in [-0.25, -0.2) is 0 Å². The fraction of sp³-hybridized carbons (Fsp3) is 0.385. The van der Waals surface area contributed by atoms with E-state index in [-0.39, 0.29) is 0 Å². The average Bonchev–Trinajstić information content (AvgIpc) is 2.74. The molecular weight excluding hydrogens is 212 g/mol. The molecule has 1 aliphatic carbocycles. The number of hydrogen-bond donors (Lipinski definition) is 0. The third kappa shape index (κ3) is 1.77. The Labute approximate surface area is 99.5 Å². The van der Waals surface area contributed by atoms with Crippen LogP contribution in [0.1, 0.15) is 17.7 Å². The summed E-state index contributed by atoms with van der Waals surface area (Å²) in [4.78, 5) is 2.85. The van der Waals surface area contributed by atoms with Gasteiger partial charge in [0.15, 0.2) is 0 Å². The molecule has 0 aromatic carbocycles. The van der Waals surface area contributed by atoms with E-state index in [1.54, 1.807) is 0 Å². The fourth-order valence-electron chi connectivity index (χ4n) is 2.76. The number of aryl methyl sites for hydroxylation is 1. The Morgan fingerprint density at radius 2 is 2.41 bits per heavy atom. The van der Waals surface area contributed by atoms with Crippen LogP contribution in [0.15, 0.2) is 35.6 Å². The minimum absolute atomic E-state index is 0.510. The van der Waals surface area contributed by atoms with E-state index in [0.29, 0.717) is 12.5 Å². The molecule has 1 unspecified atom stereocenters. The van der Waals surface area contributed by atoms with E-state index in [0.717, 1.165) is 19.3 Å². The van der Waals surface area contributed by atoms with Gasteiger partial charge in [-0.05, 0) is 54.5 Å². The highest BCUT2D eigenvalue weighted by Crippen LogP contribution is 2.28. The monoisotopic (exact) mass is 226 g/mol. The lowest BCUT2D eigenvalue weighted by molar-refractivity contribution is 0.463. The molecule has 0 saturated heterocycles. The molecular formula is C13H14N4. The van der Waals surface area contributed by atoms with Gasteiger partial charge in [0.25, 0.3) is 0 Å². The molecule has 2 aromatic rings. The van der Waals surface area contributed by atoms with Gasteiger partial charge in [-0.15, -0.1) is 0 Å². The van der Waals surface area contributed by atoms with E-state index in [1.807, 2.05) is 0 Å². The number of hydrogen-bond acceptors (Lipinski definition) is 1. The molecule has 4 nitrogen and oxygen atoms in total. The van der Waals surface area contributed by atoms with Crippen LogP contribution in [0.3, 0.4) is 0 Å². The van der Waals surface area contributed by atoms with Crippen LogP contribution < -0.4 is 0 Å². The summed E-state index contributed by atoms with van der Waals surface area (Å²) in [5.74, 6) is 0.510. The molecule has 17 heavy (non-hydrogen) atoms. The standard InChI is InChI=1S/C13H14N4/c14-16-15-9-10-4-5-13-11(7-10)8-12-3-1-2-6-17(12)13/h1-3,6,8,10H,4-5,7,9H2. The predicted octanol–water partition coefficient (Wildman–Crippen LogP) is 3.35. The van der Waals surface area contributed by atoms with Crippen molar-refractivity contribution in [2.45, 2.75) is 19.3 Å². The van der Waals surface area contributed by atoms with Crippen LogP contribution in [0.2, 0.25) is 0 Å². The molecule has 4 heteroatoms.